The van der Waals surface area contributed by atoms with E-state index in [1.807, 2.05) is 13.8 Å². The van der Waals surface area contributed by atoms with Gasteiger partial charge in [-0.25, -0.2) is 13.1 Å². The van der Waals surface area contributed by atoms with Gasteiger partial charge in [-0.3, -0.25) is 4.99 Å². The van der Waals surface area contributed by atoms with Crippen LogP contribution in [0.15, 0.2) is 4.99 Å². The predicted molar refractivity (Wildman–Crippen MR) is 66.2 cm³/mol. The summed E-state index contributed by atoms with van der Waals surface area (Å²) in [4.78, 5) is 4.36. The van der Waals surface area contributed by atoms with Gasteiger partial charge in [0.2, 0.25) is 10.0 Å². The fourth-order valence-electron chi connectivity index (χ4n) is 1.70. The lowest BCUT2D eigenvalue weighted by molar-refractivity contribution is 0.446. The van der Waals surface area contributed by atoms with E-state index in [1.54, 1.807) is 0 Å². The smallest absolute Gasteiger partial charge is 0.209 e. The minimum atomic E-state index is -3.16. The summed E-state index contributed by atoms with van der Waals surface area (Å²) in [5.74, 6) is 0.995. The number of hydrogen-bond donors (Lipinski definition) is 2. The number of aliphatic imine (C=N–C) groups is 1. The normalized spacial score (nSPS) is 18.1. The van der Waals surface area contributed by atoms with Crippen LogP contribution in [0.1, 0.15) is 33.1 Å². The third kappa shape index (κ3) is 5.46. The molecule has 1 heterocycles. The van der Waals surface area contributed by atoms with Crippen molar-refractivity contribution >= 4 is 15.9 Å². The molecule has 0 aliphatic carbocycles. The molecule has 0 aromatic rings. The first kappa shape index (κ1) is 13.4. The van der Waals surface area contributed by atoms with Crippen LogP contribution in [0.25, 0.3) is 0 Å². The molecule has 0 saturated carbocycles. The predicted octanol–water partition coefficient (Wildman–Crippen LogP) is 0.486. The lowest BCUT2D eigenvalue weighted by atomic mass is 10.1. The lowest BCUT2D eigenvalue weighted by Gasteiger charge is -2.26. The van der Waals surface area contributed by atoms with Crippen molar-refractivity contribution in [2.75, 3.05) is 19.3 Å². The maximum atomic E-state index is 11.1. The van der Waals surface area contributed by atoms with Crippen LogP contribution < -0.4 is 10.0 Å². The standard InChI is InChI=1S/C10H21N3O2S/c1-10(2,13-16(3,14)15)8-12-9-6-4-5-7-11-9/h13H,4-8H2,1-3H3,(H,11,12). The Kier molecular flexibility index (Phi) is 4.32. The van der Waals surface area contributed by atoms with Gasteiger partial charge in [-0.1, -0.05) is 0 Å². The third-order valence-corrected chi connectivity index (χ3v) is 3.24. The van der Waals surface area contributed by atoms with Crippen molar-refractivity contribution in [3.8, 4) is 0 Å². The van der Waals surface area contributed by atoms with Gasteiger partial charge in [0.05, 0.1) is 12.1 Å². The first-order chi connectivity index (χ1) is 7.29. The molecule has 16 heavy (non-hydrogen) atoms. The molecule has 1 aliphatic rings. The highest BCUT2D eigenvalue weighted by Gasteiger charge is 2.22. The van der Waals surface area contributed by atoms with Crippen LogP contribution >= 0.6 is 0 Å². The van der Waals surface area contributed by atoms with Gasteiger partial charge in [0.1, 0.15) is 0 Å². The van der Waals surface area contributed by atoms with Crippen LogP contribution in [-0.4, -0.2) is 39.1 Å². The molecule has 6 heteroatoms. The Bertz CT molecular complexity index is 360. The van der Waals surface area contributed by atoms with Crippen LogP contribution in [0.2, 0.25) is 0 Å². The number of nitrogens with zero attached hydrogens (tertiary/aromatic N) is 1. The second-order valence-electron chi connectivity index (χ2n) is 4.90. The van der Waals surface area contributed by atoms with Gasteiger partial charge < -0.3 is 5.32 Å². The highest BCUT2D eigenvalue weighted by atomic mass is 32.2. The molecule has 0 atom stereocenters. The van der Waals surface area contributed by atoms with E-state index in [9.17, 15) is 8.42 Å². The van der Waals surface area contributed by atoms with E-state index in [1.165, 1.54) is 6.26 Å². The van der Waals surface area contributed by atoms with Crippen molar-refractivity contribution in [3.63, 3.8) is 0 Å². The molecular weight excluding hydrogens is 226 g/mol. The highest BCUT2D eigenvalue weighted by molar-refractivity contribution is 7.88. The minimum absolute atomic E-state index is 0.493. The zero-order valence-electron chi connectivity index (χ0n) is 10.2. The largest absolute Gasteiger partial charge is 0.372 e. The fourth-order valence-corrected chi connectivity index (χ4v) is 2.78. The summed E-state index contributed by atoms with van der Waals surface area (Å²) in [5.41, 5.74) is -0.493. The van der Waals surface area contributed by atoms with Crippen molar-refractivity contribution in [2.24, 2.45) is 4.99 Å². The SMILES string of the molecule is CC(C)(CNC1=NCCCC1)NS(C)(=O)=O. The van der Waals surface area contributed by atoms with Gasteiger partial charge in [0.15, 0.2) is 0 Å². The second-order valence-corrected chi connectivity index (χ2v) is 6.65. The van der Waals surface area contributed by atoms with E-state index in [4.69, 9.17) is 0 Å². The number of nitrogens with one attached hydrogen (secondary N) is 2. The van der Waals surface area contributed by atoms with E-state index in [0.717, 1.165) is 31.6 Å². The summed E-state index contributed by atoms with van der Waals surface area (Å²) in [6.07, 6.45) is 4.45. The molecule has 94 valence electrons. The molecule has 2 N–H and O–H groups in total. The van der Waals surface area contributed by atoms with Crippen LogP contribution in [0.5, 0.6) is 0 Å². The second kappa shape index (κ2) is 5.14. The molecule has 0 bridgehead atoms. The molecule has 0 unspecified atom stereocenters. The Morgan fingerprint density at radius 1 is 1.38 bits per heavy atom. The Morgan fingerprint density at radius 3 is 2.56 bits per heavy atom. The molecule has 0 spiro atoms. The van der Waals surface area contributed by atoms with Crippen molar-refractivity contribution in [2.45, 2.75) is 38.6 Å². The molecule has 1 rings (SSSR count). The maximum absolute atomic E-state index is 11.1. The number of sulfonamides is 1. The monoisotopic (exact) mass is 247 g/mol. The summed E-state index contributed by atoms with van der Waals surface area (Å²) in [6, 6.07) is 0. The highest BCUT2D eigenvalue weighted by Crippen LogP contribution is 2.06. The van der Waals surface area contributed by atoms with Crippen molar-refractivity contribution < 1.29 is 8.42 Å². The first-order valence-electron chi connectivity index (χ1n) is 5.55. The maximum Gasteiger partial charge on any atom is 0.209 e. The summed E-state index contributed by atoms with van der Waals surface area (Å²) in [6.45, 7) is 5.13. The zero-order chi connectivity index (χ0) is 12.2. The van der Waals surface area contributed by atoms with Crippen LogP contribution in [-0.2, 0) is 10.0 Å². The summed E-state index contributed by atoms with van der Waals surface area (Å²) < 4.78 is 24.8. The lowest BCUT2D eigenvalue weighted by Crippen LogP contribution is -2.51. The molecule has 0 fully saturated rings. The Labute approximate surface area is 97.8 Å². The quantitative estimate of drug-likeness (QED) is 0.759. The van der Waals surface area contributed by atoms with Gasteiger partial charge in [-0.2, -0.15) is 0 Å². The first-order valence-corrected chi connectivity index (χ1v) is 7.44. The Balaban J connectivity index is 2.44. The molecule has 0 amide bonds. The molecule has 1 aliphatic heterocycles. The third-order valence-electron chi connectivity index (χ3n) is 2.32. The molecule has 0 aromatic heterocycles. The average Bonchev–Trinajstić information content (AvgIpc) is 2.13. The fraction of sp³-hybridized carbons (Fsp3) is 0.900. The van der Waals surface area contributed by atoms with Crippen LogP contribution in [0.3, 0.4) is 0 Å². The van der Waals surface area contributed by atoms with Gasteiger partial charge in [-0.15, -0.1) is 0 Å². The minimum Gasteiger partial charge on any atom is -0.372 e. The zero-order valence-corrected chi connectivity index (χ0v) is 11.0. The summed E-state index contributed by atoms with van der Waals surface area (Å²) >= 11 is 0. The van der Waals surface area contributed by atoms with Gasteiger partial charge in [0, 0.05) is 25.0 Å². The van der Waals surface area contributed by atoms with E-state index in [2.05, 4.69) is 15.0 Å². The number of rotatable bonds is 4. The van der Waals surface area contributed by atoms with E-state index in [0.29, 0.717) is 6.54 Å². The van der Waals surface area contributed by atoms with Gasteiger partial charge >= 0.3 is 0 Å². The van der Waals surface area contributed by atoms with Crippen molar-refractivity contribution in [1.29, 1.82) is 0 Å². The molecule has 5 nitrogen and oxygen atoms in total. The van der Waals surface area contributed by atoms with E-state index in [-0.39, 0.29) is 0 Å². The summed E-state index contributed by atoms with van der Waals surface area (Å²) in [7, 11) is -3.16. The Morgan fingerprint density at radius 2 is 2.06 bits per heavy atom. The molecule has 0 saturated heterocycles. The topological polar surface area (TPSA) is 70.6 Å². The Hall–Kier alpha value is -0.620. The number of amidine groups is 1. The van der Waals surface area contributed by atoms with Crippen molar-refractivity contribution in [1.82, 2.24) is 10.0 Å². The summed E-state index contributed by atoms with van der Waals surface area (Å²) in [5, 5.41) is 3.21. The van der Waals surface area contributed by atoms with Crippen molar-refractivity contribution in [3.05, 3.63) is 0 Å². The van der Waals surface area contributed by atoms with Crippen LogP contribution in [0.4, 0.5) is 0 Å². The average molecular weight is 247 g/mol. The van der Waals surface area contributed by atoms with Gasteiger partial charge in [0.25, 0.3) is 0 Å². The van der Waals surface area contributed by atoms with E-state index >= 15 is 0 Å². The number of hydrogen-bond acceptors (Lipinski definition) is 4. The molecular formula is C10H21N3O2S. The van der Waals surface area contributed by atoms with Crippen LogP contribution in [0, 0.1) is 0 Å². The molecule has 0 aromatic carbocycles. The molecule has 0 radical (unpaired) electrons. The van der Waals surface area contributed by atoms with E-state index < -0.39 is 15.6 Å². The van der Waals surface area contributed by atoms with Gasteiger partial charge in [-0.05, 0) is 26.7 Å².